The number of piperazine rings is 1. The molecule has 152 valence electrons. The van der Waals surface area contributed by atoms with Crippen LogP contribution in [-0.4, -0.2) is 59.7 Å². The molecule has 0 unspecified atom stereocenters. The second kappa shape index (κ2) is 7.55. The zero-order valence-electron chi connectivity index (χ0n) is 16.1. The molecule has 1 aromatic heterocycles. The molecule has 0 saturated carbocycles. The van der Waals surface area contributed by atoms with Crippen molar-refractivity contribution in [3.63, 3.8) is 0 Å². The van der Waals surface area contributed by atoms with Gasteiger partial charge in [-0.15, -0.1) is 0 Å². The monoisotopic (exact) mass is 405 g/mol. The molecule has 0 aliphatic carbocycles. The van der Waals surface area contributed by atoms with Crippen molar-refractivity contribution in [1.29, 1.82) is 0 Å². The maximum absolute atomic E-state index is 12.8. The van der Waals surface area contributed by atoms with Crippen LogP contribution < -0.4 is 9.47 Å². The van der Waals surface area contributed by atoms with E-state index in [9.17, 15) is 9.59 Å². The van der Waals surface area contributed by atoms with Crippen molar-refractivity contribution in [1.82, 2.24) is 15.0 Å². The van der Waals surface area contributed by atoms with Crippen molar-refractivity contribution in [2.45, 2.75) is 0 Å². The van der Waals surface area contributed by atoms with Gasteiger partial charge >= 0.3 is 0 Å². The Morgan fingerprint density at radius 3 is 2.27 bits per heavy atom. The predicted octanol–water partition coefficient (Wildman–Crippen LogP) is 2.67. The second-order valence-electron chi connectivity index (χ2n) is 7.09. The highest BCUT2D eigenvalue weighted by Crippen LogP contribution is 2.36. The molecule has 1 fully saturated rings. The molecule has 5 rings (SSSR count). The van der Waals surface area contributed by atoms with E-state index in [0.29, 0.717) is 49.0 Å². The summed E-state index contributed by atoms with van der Waals surface area (Å²) in [6, 6.07) is 16.2. The highest BCUT2D eigenvalue weighted by Gasteiger charge is 2.27. The smallest absolute Gasteiger partial charge is 0.276 e. The number of hydrogen-bond acceptors (Lipinski definition) is 6. The van der Waals surface area contributed by atoms with Crippen molar-refractivity contribution < 1.29 is 23.6 Å². The topological polar surface area (TPSA) is 85.1 Å². The molecule has 8 nitrogen and oxygen atoms in total. The Balaban J connectivity index is 1.24. The largest absolute Gasteiger partial charge is 0.454 e. The van der Waals surface area contributed by atoms with Gasteiger partial charge in [-0.1, -0.05) is 23.4 Å². The highest BCUT2D eigenvalue weighted by molar-refractivity contribution is 5.95. The Morgan fingerprint density at radius 2 is 1.50 bits per heavy atom. The van der Waals surface area contributed by atoms with Crippen LogP contribution in [0.1, 0.15) is 20.8 Å². The summed E-state index contributed by atoms with van der Waals surface area (Å²) >= 11 is 0. The molecule has 0 N–H and O–H groups in total. The molecule has 2 aliphatic rings. The van der Waals surface area contributed by atoms with Gasteiger partial charge in [0.25, 0.3) is 11.8 Å². The third-order valence-electron chi connectivity index (χ3n) is 5.26. The summed E-state index contributed by atoms with van der Waals surface area (Å²) in [5, 5.41) is 3.94. The second-order valence-corrected chi connectivity index (χ2v) is 7.09. The van der Waals surface area contributed by atoms with Crippen LogP contribution in [0.5, 0.6) is 11.5 Å². The number of nitrogens with zero attached hydrogens (tertiary/aromatic N) is 3. The number of ether oxygens (including phenoxy) is 2. The number of hydrogen-bond donors (Lipinski definition) is 0. The molecule has 0 radical (unpaired) electrons. The summed E-state index contributed by atoms with van der Waals surface area (Å²) in [4.78, 5) is 28.9. The summed E-state index contributed by atoms with van der Waals surface area (Å²) in [7, 11) is 0. The Hall–Kier alpha value is -3.81. The van der Waals surface area contributed by atoms with Gasteiger partial charge in [-0.2, -0.15) is 0 Å². The van der Waals surface area contributed by atoms with Gasteiger partial charge in [-0.3, -0.25) is 9.59 Å². The van der Waals surface area contributed by atoms with Crippen molar-refractivity contribution in [2.24, 2.45) is 0 Å². The van der Waals surface area contributed by atoms with Gasteiger partial charge in [0, 0.05) is 43.4 Å². The zero-order chi connectivity index (χ0) is 20.5. The van der Waals surface area contributed by atoms with E-state index in [-0.39, 0.29) is 24.3 Å². The van der Waals surface area contributed by atoms with Crippen LogP contribution in [0.3, 0.4) is 0 Å². The number of amides is 2. The van der Waals surface area contributed by atoms with E-state index >= 15 is 0 Å². The van der Waals surface area contributed by atoms with E-state index in [1.807, 2.05) is 24.3 Å². The number of rotatable bonds is 3. The Bertz CT molecular complexity index is 1090. The number of aromatic nitrogens is 1. The van der Waals surface area contributed by atoms with Crippen LogP contribution >= 0.6 is 0 Å². The van der Waals surface area contributed by atoms with E-state index in [4.69, 9.17) is 14.0 Å². The Kier molecular flexibility index (Phi) is 4.59. The molecule has 2 aromatic carbocycles. The first-order valence-electron chi connectivity index (χ1n) is 9.69. The van der Waals surface area contributed by atoms with Crippen LogP contribution in [0.4, 0.5) is 0 Å². The van der Waals surface area contributed by atoms with Crippen LogP contribution in [0.15, 0.2) is 59.1 Å². The lowest BCUT2D eigenvalue weighted by Gasteiger charge is -2.34. The lowest BCUT2D eigenvalue weighted by molar-refractivity contribution is 0.0530. The van der Waals surface area contributed by atoms with Crippen LogP contribution in [0.25, 0.3) is 11.3 Å². The molecule has 3 heterocycles. The van der Waals surface area contributed by atoms with E-state index in [1.54, 1.807) is 40.1 Å². The Labute approximate surface area is 172 Å². The van der Waals surface area contributed by atoms with E-state index in [1.165, 1.54) is 0 Å². The molecule has 0 atom stereocenters. The molecule has 3 aromatic rings. The standard InChI is InChI=1S/C22H19N3O5/c26-21(15-4-2-1-3-5-15)24-8-10-25(11-9-24)22(27)17-13-19(30-23-17)16-6-7-18-20(12-16)29-14-28-18/h1-7,12-13H,8-11,14H2. The summed E-state index contributed by atoms with van der Waals surface area (Å²) in [6.07, 6.45) is 0. The molecule has 8 heteroatoms. The zero-order valence-corrected chi connectivity index (χ0v) is 16.1. The molecule has 2 aliphatic heterocycles. The summed E-state index contributed by atoms with van der Waals surface area (Å²) in [5.41, 5.74) is 1.65. The van der Waals surface area contributed by atoms with E-state index in [0.717, 1.165) is 5.56 Å². The first-order valence-corrected chi connectivity index (χ1v) is 9.69. The lowest BCUT2D eigenvalue weighted by Crippen LogP contribution is -2.50. The maximum Gasteiger partial charge on any atom is 0.276 e. The molecule has 0 bridgehead atoms. The summed E-state index contributed by atoms with van der Waals surface area (Å²) in [6.45, 7) is 2.05. The average molecular weight is 405 g/mol. The first kappa shape index (κ1) is 18.2. The van der Waals surface area contributed by atoms with Crippen molar-refractivity contribution in [2.75, 3.05) is 33.0 Å². The normalized spacial score (nSPS) is 15.3. The van der Waals surface area contributed by atoms with E-state index in [2.05, 4.69) is 5.16 Å². The van der Waals surface area contributed by atoms with Gasteiger partial charge < -0.3 is 23.8 Å². The quantitative estimate of drug-likeness (QED) is 0.666. The minimum absolute atomic E-state index is 0.0192. The van der Waals surface area contributed by atoms with E-state index < -0.39 is 0 Å². The number of benzene rings is 2. The molecule has 30 heavy (non-hydrogen) atoms. The first-order chi connectivity index (χ1) is 14.7. The minimum Gasteiger partial charge on any atom is -0.454 e. The van der Waals surface area contributed by atoms with Crippen LogP contribution in [-0.2, 0) is 0 Å². The molecule has 0 spiro atoms. The SMILES string of the molecule is O=C(c1ccccc1)N1CCN(C(=O)c2cc(-c3ccc4c(c3)OCO4)on2)CC1. The third kappa shape index (κ3) is 3.36. The van der Waals surface area contributed by atoms with Gasteiger partial charge in [-0.25, -0.2) is 0 Å². The molecular formula is C22H19N3O5. The third-order valence-corrected chi connectivity index (χ3v) is 5.26. The summed E-state index contributed by atoms with van der Waals surface area (Å²) < 4.78 is 16.1. The van der Waals surface area contributed by atoms with Gasteiger partial charge in [0.15, 0.2) is 23.0 Å². The molecular weight excluding hydrogens is 386 g/mol. The van der Waals surface area contributed by atoms with Gasteiger partial charge in [0.2, 0.25) is 6.79 Å². The highest BCUT2D eigenvalue weighted by atomic mass is 16.7. The molecule has 1 saturated heterocycles. The predicted molar refractivity (Wildman–Crippen MR) is 106 cm³/mol. The van der Waals surface area contributed by atoms with Crippen molar-refractivity contribution in [3.8, 4) is 22.8 Å². The minimum atomic E-state index is -0.211. The fourth-order valence-electron chi connectivity index (χ4n) is 3.60. The van der Waals surface area contributed by atoms with Gasteiger partial charge in [0.1, 0.15) is 0 Å². The van der Waals surface area contributed by atoms with Crippen molar-refractivity contribution in [3.05, 3.63) is 65.9 Å². The Morgan fingerprint density at radius 1 is 0.800 bits per heavy atom. The summed E-state index contributed by atoms with van der Waals surface area (Å²) in [5.74, 6) is 1.56. The fraction of sp³-hybridized carbons (Fsp3) is 0.227. The number of fused-ring (bicyclic) bond motifs is 1. The fourth-order valence-corrected chi connectivity index (χ4v) is 3.60. The van der Waals surface area contributed by atoms with Crippen LogP contribution in [0.2, 0.25) is 0 Å². The lowest BCUT2D eigenvalue weighted by atomic mass is 10.1. The maximum atomic E-state index is 12.8. The van der Waals surface area contributed by atoms with Crippen LogP contribution in [0, 0.1) is 0 Å². The van der Waals surface area contributed by atoms with Gasteiger partial charge in [-0.05, 0) is 30.3 Å². The number of carbonyl (C=O) groups is 2. The molecule has 2 amide bonds. The number of carbonyl (C=O) groups excluding carboxylic acids is 2. The van der Waals surface area contributed by atoms with Gasteiger partial charge in [0.05, 0.1) is 0 Å². The van der Waals surface area contributed by atoms with Crippen molar-refractivity contribution >= 4 is 11.8 Å². The average Bonchev–Trinajstić information content (AvgIpc) is 3.48.